The van der Waals surface area contributed by atoms with Crippen molar-refractivity contribution < 1.29 is 56.1 Å². The molecule has 0 fully saturated rings. The van der Waals surface area contributed by atoms with E-state index in [2.05, 4.69) is 9.97 Å². The molecule has 0 aliphatic carbocycles. The van der Waals surface area contributed by atoms with E-state index in [1.54, 1.807) is 19.9 Å². The van der Waals surface area contributed by atoms with Crippen LogP contribution in [0.5, 0.6) is 0 Å². The SMILES string of the molecule is CCOC(=O)c1cc(-c2ccc(F)cc2F)c2c(n1)COCC2.CCOC(=O)c1cc(Cl)c2c(n1)COCC2.OB(O)c1ccc(F)cc1F. The largest absolute Gasteiger partial charge is 0.491 e. The summed E-state index contributed by atoms with van der Waals surface area (Å²) < 4.78 is 72.6. The van der Waals surface area contributed by atoms with E-state index >= 15 is 0 Å². The average molecular weight is 719 g/mol. The van der Waals surface area contributed by atoms with Gasteiger partial charge in [0.25, 0.3) is 0 Å². The standard InChI is InChI=1S/C17H15F2NO3.C11H12ClNO3.C6H5BF2O2/c1-2-23-17(21)15-8-13(11-4-3-10(18)7-14(11)19)12-5-6-22-9-16(12)20-15;1-2-16-11(14)9-5-8(12)7-3-4-15-6-10(7)13-9;8-4-1-2-5(7(10)11)6(9)3-4/h3-4,7-8H,2,5-6,9H2,1H3;5H,2-4,6H2,1H3;1-3,10-11H. The van der Waals surface area contributed by atoms with Gasteiger partial charge in [0, 0.05) is 28.2 Å². The molecule has 0 spiro atoms. The summed E-state index contributed by atoms with van der Waals surface area (Å²) in [5.41, 5.74) is 3.88. The van der Waals surface area contributed by atoms with Crippen molar-refractivity contribution in [2.75, 3.05) is 26.4 Å². The van der Waals surface area contributed by atoms with Crippen LogP contribution in [0.4, 0.5) is 17.6 Å². The van der Waals surface area contributed by atoms with E-state index in [1.807, 2.05) is 0 Å². The molecule has 0 unspecified atom stereocenters. The van der Waals surface area contributed by atoms with Gasteiger partial charge >= 0.3 is 19.1 Å². The Kier molecular flexibility index (Phi) is 13.8. The first kappa shape index (κ1) is 38.4. The first-order chi connectivity index (χ1) is 23.9. The maximum atomic E-state index is 14.2. The lowest BCUT2D eigenvalue weighted by molar-refractivity contribution is 0.0507. The molecule has 2 aromatic carbocycles. The van der Waals surface area contributed by atoms with Crippen molar-refractivity contribution in [3.05, 3.63) is 111 Å². The number of benzene rings is 2. The maximum absolute atomic E-state index is 14.2. The fourth-order valence-corrected chi connectivity index (χ4v) is 5.27. The molecule has 0 amide bonds. The number of aromatic nitrogens is 2. The van der Waals surface area contributed by atoms with Gasteiger partial charge < -0.3 is 29.0 Å². The Labute approximate surface area is 290 Å². The second-order valence-electron chi connectivity index (χ2n) is 10.6. The maximum Gasteiger partial charge on any atom is 0.491 e. The topological polar surface area (TPSA) is 137 Å². The number of rotatable bonds is 6. The number of nitrogens with zero attached hydrogens (tertiary/aromatic N) is 2. The number of halogens is 5. The van der Waals surface area contributed by atoms with Gasteiger partial charge in [-0.2, -0.15) is 0 Å². The Hall–Kier alpha value is -4.41. The van der Waals surface area contributed by atoms with E-state index in [1.165, 1.54) is 18.2 Å². The van der Waals surface area contributed by atoms with E-state index < -0.39 is 42.3 Å². The zero-order chi connectivity index (χ0) is 36.4. The van der Waals surface area contributed by atoms with Gasteiger partial charge in [0.1, 0.15) is 34.7 Å². The van der Waals surface area contributed by atoms with Crippen LogP contribution in [0.3, 0.4) is 0 Å². The van der Waals surface area contributed by atoms with Crippen molar-refractivity contribution in [2.24, 2.45) is 0 Å². The molecule has 50 heavy (non-hydrogen) atoms. The Morgan fingerprint density at radius 3 is 1.82 bits per heavy atom. The van der Waals surface area contributed by atoms with Gasteiger partial charge in [-0.25, -0.2) is 37.1 Å². The van der Waals surface area contributed by atoms with Gasteiger partial charge in [-0.3, -0.25) is 0 Å². The number of hydrogen-bond donors (Lipinski definition) is 2. The smallest absolute Gasteiger partial charge is 0.461 e. The number of ether oxygens (including phenoxy) is 4. The molecule has 4 heterocycles. The van der Waals surface area contributed by atoms with Crippen molar-refractivity contribution in [3.63, 3.8) is 0 Å². The van der Waals surface area contributed by atoms with E-state index in [0.717, 1.165) is 41.4 Å². The van der Waals surface area contributed by atoms with Gasteiger partial charge in [0.05, 0.1) is 51.0 Å². The summed E-state index contributed by atoms with van der Waals surface area (Å²) >= 11 is 6.09. The lowest BCUT2D eigenvalue weighted by atomic mass is 9.80. The summed E-state index contributed by atoms with van der Waals surface area (Å²) in [6.07, 6.45) is 1.29. The Morgan fingerprint density at radius 1 is 0.760 bits per heavy atom. The quantitative estimate of drug-likeness (QED) is 0.161. The summed E-state index contributed by atoms with van der Waals surface area (Å²) in [4.78, 5) is 32.0. The zero-order valence-corrected chi connectivity index (χ0v) is 27.7. The Morgan fingerprint density at radius 2 is 1.28 bits per heavy atom. The van der Waals surface area contributed by atoms with Crippen LogP contribution in [0, 0.1) is 23.3 Å². The highest BCUT2D eigenvalue weighted by Crippen LogP contribution is 2.32. The molecule has 2 aromatic heterocycles. The Balaban J connectivity index is 0.000000181. The highest BCUT2D eigenvalue weighted by atomic mass is 35.5. The molecule has 0 radical (unpaired) electrons. The summed E-state index contributed by atoms with van der Waals surface area (Å²) in [5.74, 6) is -4.06. The lowest BCUT2D eigenvalue weighted by Gasteiger charge is -2.20. The van der Waals surface area contributed by atoms with Crippen molar-refractivity contribution in [1.29, 1.82) is 0 Å². The van der Waals surface area contributed by atoms with Crippen molar-refractivity contribution in [2.45, 2.75) is 39.9 Å². The molecule has 264 valence electrons. The third-order valence-corrected chi connectivity index (χ3v) is 7.60. The van der Waals surface area contributed by atoms with Crippen molar-refractivity contribution in [1.82, 2.24) is 9.97 Å². The van der Waals surface area contributed by atoms with E-state index in [9.17, 15) is 27.2 Å². The number of pyridine rings is 2. The monoisotopic (exact) mass is 718 g/mol. The van der Waals surface area contributed by atoms with Crippen LogP contribution < -0.4 is 5.46 Å². The summed E-state index contributed by atoms with van der Waals surface area (Å²) in [6.45, 7) is 5.78. The molecule has 0 saturated heterocycles. The van der Waals surface area contributed by atoms with Gasteiger partial charge in [0.15, 0.2) is 0 Å². The van der Waals surface area contributed by atoms with Crippen LogP contribution in [-0.2, 0) is 45.0 Å². The van der Waals surface area contributed by atoms with Crippen molar-refractivity contribution >= 4 is 36.1 Å². The molecule has 0 atom stereocenters. The van der Waals surface area contributed by atoms with Crippen LogP contribution in [-0.4, -0.2) is 65.5 Å². The second-order valence-corrected chi connectivity index (χ2v) is 11.0. The average Bonchev–Trinajstić information content (AvgIpc) is 3.08. The minimum Gasteiger partial charge on any atom is -0.461 e. The lowest BCUT2D eigenvalue weighted by Crippen LogP contribution is -2.32. The van der Waals surface area contributed by atoms with Crippen LogP contribution in [0.2, 0.25) is 5.02 Å². The summed E-state index contributed by atoms with van der Waals surface area (Å²) in [5, 5.41) is 17.5. The molecule has 10 nitrogen and oxygen atoms in total. The van der Waals surface area contributed by atoms with Gasteiger partial charge in [-0.05, 0) is 73.7 Å². The van der Waals surface area contributed by atoms with E-state index in [0.29, 0.717) is 55.2 Å². The second kappa shape index (κ2) is 18.0. The molecular weight excluding hydrogens is 687 g/mol. The zero-order valence-electron chi connectivity index (χ0n) is 27.0. The van der Waals surface area contributed by atoms with E-state index in [4.69, 9.17) is 40.6 Å². The molecule has 0 bridgehead atoms. The number of carbonyl (C=O) groups excluding carboxylic acids is 2. The number of carbonyl (C=O) groups is 2. The minimum absolute atomic E-state index is 0.0924. The molecule has 4 aromatic rings. The fourth-order valence-electron chi connectivity index (χ4n) is 4.96. The minimum atomic E-state index is -1.89. The van der Waals surface area contributed by atoms with Crippen LogP contribution in [0.1, 0.15) is 57.3 Å². The third-order valence-electron chi connectivity index (χ3n) is 7.27. The van der Waals surface area contributed by atoms with Gasteiger partial charge in [-0.1, -0.05) is 17.7 Å². The van der Waals surface area contributed by atoms with Crippen LogP contribution >= 0.6 is 11.6 Å². The number of esters is 2. The molecule has 0 saturated carbocycles. The van der Waals surface area contributed by atoms with Crippen molar-refractivity contribution in [3.8, 4) is 11.1 Å². The molecular formula is C34H32BClF4N2O8. The van der Waals surface area contributed by atoms with Gasteiger partial charge in [-0.15, -0.1) is 0 Å². The summed E-state index contributed by atoms with van der Waals surface area (Å²) in [7, 11) is -1.89. The highest BCUT2D eigenvalue weighted by molar-refractivity contribution is 6.58. The highest BCUT2D eigenvalue weighted by Gasteiger charge is 2.23. The third kappa shape index (κ3) is 9.85. The molecule has 2 N–H and O–H groups in total. The predicted octanol–water partition coefficient (Wildman–Crippen LogP) is 4.91. The fraction of sp³-hybridized carbons (Fsp3) is 0.294. The molecule has 16 heteroatoms. The van der Waals surface area contributed by atoms with E-state index in [-0.39, 0.29) is 35.6 Å². The van der Waals surface area contributed by atoms with Crippen LogP contribution in [0.25, 0.3) is 11.1 Å². The molecule has 2 aliphatic rings. The first-order valence-electron chi connectivity index (χ1n) is 15.4. The summed E-state index contributed by atoms with van der Waals surface area (Å²) in [6, 6.07) is 8.97. The Bertz CT molecular complexity index is 1850. The van der Waals surface area contributed by atoms with Crippen LogP contribution in [0.15, 0.2) is 48.5 Å². The normalized spacial score (nSPS) is 13.0. The molecule has 2 aliphatic heterocycles. The predicted molar refractivity (Wildman–Crippen MR) is 174 cm³/mol. The number of fused-ring (bicyclic) bond motifs is 2. The first-order valence-corrected chi connectivity index (χ1v) is 15.8. The molecule has 6 rings (SSSR count). The number of hydrogen-bond acceptors (Lipinski definition) is 10. The van der Waals surface area contributed by atoms with Gasteiger partial charge in [0.2, 0.25) is 0 Å².